The molecule has 0 aliphatic carbocycles. The first kappa shape index (κ1) is 21.3. The van der Waals surface area contributed by atoms with Crippen molar-refractivity contribution in [2.45, 2.75) is 11.8 Å². The molecule has 0 radical (unpaired) electrons. The van der Waals surface area contributed by atoms with E-state index in [4.69, 9.17) is 4.74 Å². The van der Waals surface area contributed by atoms with Crippen molar-refractivity contribution in [2.24, 2.45) is 0 Å². The molecule has 9 heteroatoms. The fourth-order valence-electron chi connectivity index (χ4n) is 2.09. The minimum Gasteiger partial charge on any atom is -0.452 e. The van der Waals surface area contributed by atoms with E-state index in [9.17, 15) is 18.0 Å². The van der Waals surface area contributed by atoms with Gasteiger partial charge in [-0.3, -0.25) is 4.79 Å². The number of nitrogens with zero attached hydrogens (tertiary/aromatic N) is 1. The van der Waals surface area contributed by atoms with Crippen LogP contribution in [0.3, 0.4) is 0 Å². The van der Waals surface area contributed by atoms with E-state index in [0.717, 1.165) is 7.88 Å². The Balaban J connectivity index is 2.05. The van der Waals surface area contributed by atoms with Gasteiger partial charge < -0.3 is 10.1 Å². The van der Waals surface area contributed by atoms with Gasteiger partial charge in [0, 0.05) is 23.4 Å². The first-order valence-corrected chi connectivity index (χ1v) is 10.4. The molecule has 0 atom stereocenters. The monoisotopic (exact) mass is 502 g/mol. The summed E-state index contributed by atoms with van der Waals surface area (Å²) in [4.78, 5) is 24.1. The number of aryl methyl sites for hydroxylation is 1. The zero-order valence-corrected chi connectivity index (χ0v) is 18.0. The average molecular weight is 502 g/mol. The number of carbonyl (C=O) groups excluding carboxylic acids is 2. The second-order valence-corrected chi connectivity index (χ2v) is 9.29. The zero-order valence-electron chi connectivity index (χ0n) is 15.0. The standard InChI is InChI=1S/C18H19IN2O5S/c1-12-4-9-15(27(24,25)21(2)3)10-16(12)20-17(22)11-26-18(23)13-5-7-14(19)8-6-13/h4-10H,11H2,1-3H3,(H,20,22). The number of esters is 1. The van der Waals surface area contributed by atoms with Crippen LogP contribution in [0.15, 0.2) is 47.4 Å². The third kappa shape index (κ3) is 5.50. The molecular weight excluding hydrogens is 483 g/mol. The molecule has 27 heavy (non-hydrogen) atoms. The number of rotatable bonds is 6. The largest absolute Gasteiger partial charge is 0.452 e. The molecule has 0 spiro atoms. The van der Waals surface area contributed by atoms with Gasteiger partial charge in [-0.2, -0.15) is 0 Å². The van der Waals surface area contributed by atoms with Crippen LogP contribution in [-0.2, 0) is 19.6 Å². The SMILES string of the molecule is Cc1ccc(S(=O)(=O)N(C)C)cc1NC(=O)COC(=O)c1ccc(I)cc1. The van der Waals surface area contributed by atoms with E-state index in [-0.39, 0.29) is 4.90 Å². The second-order valence-electron chi connectivity index (χ2n) is 5.90. The van der Waals surface area contributed by atoms with Gasteiger partial charge in [-0.1, -0.05) is 6.07 Å². The van der Waals surface area contributed by atoms with Gasteiger partial charge in [-0.25, -0.2) is 17.5 Å². The van der Waals surface area contributed by atoms with Crippen molar-refractivity contribution in [3.8, 4) is 0 Å². The summed E-state index contributed by atoms with van der Waals surface area (Å²) in [5.41, 5.74) is 1.37. The number of amides is 1. The van der Waals surface area contributed by atoms with Crippen LogP contribution in [0, 0.1) is 10.5 Å². The molecular formula is C18H19IN2O5S. The molecule has 0 fully saturated rings. The van der Waals surface area contributed by atoms with Gasteiger partial charge in [0.25, 0.3) is 5.91 Å². The topological polar surface area (TPSA) is 92.8 Å². The lowest BCUT2D eigenvalue weighted by atomic mass is 10.2. The lowest BCUT2D eigenvalue weighted by Gasteiger charge is -2.14. The van der Waals surface area contributed by atoms with Gasteiger partial charge in [0.1, 0.15) is 0 Å². The van der Waals surface area contributed by atoms with Gasteiger partial charge in [-0.05, 0) is 71.5 Å². The van der Waals surface area contributed by atoms with Crippen LogP contribution in [0.5, 0.6) is 0 Å². The molecule has 7 nitrogen and oxygen atoms in total. The molecule has 144 valence electrons. The Hall–Kier alpha value is -1.98. The molecule has 2 rings (SSSR count). The fourth-order valence-corrected chi connectivity index (χ4v) is 3.38. The summed E-state index contributed by atoms with van der Waals surface area (Å²) in [7, 11) is -0.765. The van der Waals surface area contributed by atoms with Crippen LogP contribution in [-0.4, -0.2) is 45.3 Å². The number of hydrogen-bond acceptors (Lipinski definition) is 5. The lowest BCUT2D eigenvalue weighted by molar-refractivity contribution is -0.119. The van der Waals surface area contributed by atoms with E-state index < -0.39 is 28.5 Å². The van der Waals surface area contributed by atoms with Crippen molar-refractivity contribution < 1.29 is 22.7 Å². The van der Waals surface area contributed by atoms with Crippen molar-refractivity contribution >= 4 is 50.2 Å². The third-order valence-electron chi connectivity index (χ3n) is 3.68. The Morgan fingerprint density at radius 3 is 2.33 bits per heavy atom. The van der Waals surface area contributed by atoms with Crippen LogP contribution >= 0.6 is 22.6 Å². The van der Waals surface area contributed by atoms with Crippen molar-refractivity contribution in [1.82, 2.24) is 4.31 Å². The van der Waals surface area contributed by atoms with Crippen LogP contribution in [0.25, 0.3) is 0 Å². The summed E-state index contributed by atoms with van der Waals surface area (Å²) in [6, 6.07) is 11.2. The van der Waals surface area contributed by atoms with E-state index in [1.165, 1.54) is 26.2 Å². The number of benzene rings is 2. The number of carbonyl (C=O) groups is 2. The summed E-state index contributed by atoms with van der Waals surface area (Å²) in [6.45, 7) is 1.26. The van der Waals surface area contributed by atoms with Crippen molar-refractivity contribution in [2.75, 3.05) is 26.0 Å². The quantitative estimate of drug-likeness (QED) is 0.485. The molecule has 0 saturated carbocycles. The average Bonchev–Trinajstić information content (AvgIpc) is 2.61. The minimum atomic E-state index is -3.62. The van der Waals surface area contributed by atoms with Gasteiger partial charge in [0.05, 0.1) is 10.5 Å². The highest BCUT2D eigenvalue weighted by atomic mass is 127. The molecule has 1 N–H and O–H groups in total. The van der Waals surface area contributed by atoms with E-state index in [1.54, 1.807) is 37.3 Å². The van der Waals surface area contributed by atoms with Gasteiger partial charge in [-0.15, -0.1) is 0 Å². The maximum atomic E-state index is 12.2. The number of halogens is 1. The predicted molar refractivity (Wildman–Crippen MR) is 110 cm³/mol. The van der Waals surface area contributed by atoms with Crippen molar-refractivity contribution in [3.05, 3.63) is 57.2 Å². The smallest absolute Gasteiger partial charge is 0.338 e. The Kier molecular flexibility index (Phi) is 6.95. The molecule has 2 aromatic rings. The highest BCUT2D eigenvalue weighted by molar-refractivity contribution is 14.1. The van der Waals surface area contributed by atoms with Crippen LogP contribution < -0.4 is 5.32 Å². The first-order chi connectivity index (χ1) is 12.6. The lowest BCUT2D eigenvalue weighted by Crippen LogP contribution is -2.23. The number of anilines is 1. The molecule has 2 aromatic carbocycles. The first-order valence-electron chi connectivity index (χ1n) is 7.87. The summed E-state index contributed by atoms with van der Waals surface area (Å²) in [6.07, 6.45) is 0. The molecule has 0 unspecified atom stereocenters. The Morgan fingerprint density at radius 1 is 1.11 bits per heavy atom. The Morgan fingerprint density at radius 2 is 1.74 bits per heavy atom. The molecule has 0 heterocycles. The Labute approximate surface area is 171 Å². The van der Waals surface area contributed by atoms with Crippen molar-refractivity contribution in [1.29, 1.82) is 0 Å². The number of ether oxygens (including phenoxy) is 1. The zero-order chi connectivity index (χ0) is 20.2. The summed E-state index contributed by atoms with van der Waals surface area (Å²) in [5.74, 6) is -1.17. The molecule has 1 amide bonds. The van der Waals surface area contributed by atoms with Gasteiger partial charge in [0.2, 0.25) is 10.0 Å². The number of hydrogen-bond donors (Lipinski definition) is 1. The summed E-state index contributed by atoms with van der Waals surface area (Å²) < 4.78 is 31.5. The highest BCUT2D eigenvalue weighted by Gasteiger charge is 2.19. The predicted octanol–water partition coefficient (Wildman–Crippen LogP) is 2.65. The number of nitrogens with one attached hydrogen (secondary N) is 1. The molecule has 0 aromatic heterocycles. The fraction of sp³-hybridized carbons (Fsp3) is 0.222. The molecule has 0 aliphatic rings. The normalized spacial score (nSPS) is 11.3. The summed E-state index contributed by atoms with van der Waals surface area (Å²) in [5, 5.41) is 2.58. The maximum absolute atomic E-state index is 12.2. The molecule has 0 saturated heterocycles. The van der Waals surface area contributed by atoms with E-state index in [1.807, 2.05) is 0 Å². The van der Waals surface area contributed by atoms with Crippen LogP contribution in [0.4, 0.5) is 5.69 Å². The van der Waals surface area contributed by atoms with Crippen LogP contribution in [0.2, 0.25) is 0 Å². The van der Waals surface area contributed by atoms with E-state index in [2.05, 4.69) is 27.9 Å². The Bertz CT molecular complexity index is 956. The van der Waals surface area contributed by atoms with E-state index in [0.29, 0.717) is 16.8 Å². The highest BCUT2D eigenvalue weighted by Crippen LogP contribution is 2.22. The minimum absolute atomic E-state index is 0.0595. The number of sulfonamides is 1. The van der Waals surface area contributed by atoms with Crippen LogP contribution in [0.1, 0.15) is 15.9 Å². The van der Waals surface area contributed by atoms with Gasteiger partial charge in [0.15, 0.2) is 6.61 Å². The second kappa shape index (κ2) is 8.81. The third-order valence-corrected chi connectivity index (χ3v) is 6.21. The molecule has 0 aliphatic heterocycles. The van der Waals surface area contributed by atoms with E-state index >= 15 is 0 Å². The van der Waals surface area contributed by atoms with Crippen molar-refractivity contribution in [3.63, 3.8) is 0 Å². The van der Waals surface area contributed by atoms with Gasteiger partial charge >= 0.3 is 5.97 Å². The maximum Gasteiger partial charge on any atom is 0.338 e. The summed E-state index contributed by atoms with van der Waals surface area (Å²) >= 11 is 2.12. The molecule has 0 bridgehead atoms.